The van der Waals surface area contributed by atoms with Crippen molar-refractivity contribution in [2.24, 2.45) is 0 Å². The number of benzene rings is 1. The van der Waals surface area contributed by atoms with Crippen molar-refractivity contribution in [3.63, 3.8) is 0 Å². The number of anilines is 2. The van der Waals surface area contributed by atoms with Gasteiger partial charge in [0.1, 0.15) is 0 Å². The number of cyclic esters (lactones) is 1. The molecule has 0 bridgehead atoms. The van der Waals surface area contributed by atoms with Gasteiger partial charge in [0.15, 0.2) is 0 Å². The third-order valence-electron chi connectivity index (χ3n) is 2.85. The average molecular weight is 220 g/mol. The van der Waals surface area contributed by atoms with Gasteiger partial charge in [-0.3, -0.25) is 4.90 Å². The number of rotatable bonds is 1. The third kappa shape index (κ3) is 1.83. The maximum atomic E-state index is 11.6. The van der Waals surface area contributed by atoms with E-state index in [-0.39, 0.29) is 6.09 Å². The predicted octanol–water partition coefficient (Wildman–Crippen LogP) is 2.23. The molecule has 1 aromatic rings. The number of hydrogen-bond donors (Lipinski definition) is 1. The number of nitrogens with two attached hydrogens (primary N) is 1. The second-order valence-corrected chi connectivity index (χ2v) is 4.11. The Morgan fingerprint density at radius 1 is 1.31 bits per heavy atom. The molecule has 0 aliphatic carbocycles. The third-order valence-corrected chi connectivity index (χ3v) is 2.85. The molecule has 2 rings (SSSR count). The number of nitrogen functional groups attached to an aromatic ring is 1. The van der Waals surface area contributed by atoms with Crippen LogP contribution in [0, 0.1) is 13.8 Å². The van der Waals surface area contributed by atoms with Crippen molar-refractivity contribution < 1.29 is 9.53 Å². The fourth-order valence-electron chi connectivity index (χ4n) is 1.88. The predicted molar refractivity (Wildman–Crippen MR) is 63.6 cm³/mol. The van der Waals surface area contributed by atoms with Gasteiger partial charge >= 0.3 is 6.09 Å². The van der Waals surface area contributed by atoms with Gasteiger partial charge in [0, 0.05) is 12.2 Å². The topological polar surface area (TPSA) is 55.6 Å². The van der Waals surface area contributed by atoms with E-state index in [1.807, 2.05) is 26.0 Å². The lowest BCUT2D eigenvalue weighted by Crippen LogP contribution is -2.38. The van der Waals surface area contributed by atoms with Crippen LogP contribution in [0.1, 0.15) is 17.5 Å². The van der Waals surface area contributed by atoms with Gasteiger partial charge in [0.25, 0.3) is 0 Å². The molecule has 0 spiro atoms. The molecule has 0 radical (unpaired) electrons. The first-order valence-corrected chi connectivity index (χ1v) is 5.40. The van der Waals surface area contributed by atoms with Gasteiger partial charge in [-0.2, -0.15) is 0 Å². The van der Waals surface area contributed by atoms with Crippen LogP contribution in [0.3, 0.4) is 0 Å². The molecule has 0 aromatic heterocycles. The maximum absolute atomic E-state index is 11.6. The summed E-state index contributed by atoms with van der Waals surface area (Å²) >= 11 is 0. The van der Waals surface area contributed by atoms with Crippen molar-refractivity contribution in [2.75, 3.05) is 23.8 Å². The van der Waals surface area contributed by atoms with Gasteiger partial charge in [0.2, 0.25) is 0 Å². The quantitative estimate of drug-likeness (QED) is 0.738. The first-order chi connectivity index (χ1) is 7.59. The van der Waals surface area contributed by atoms with E-state index in [0.29, 0.717) is 13.2 Å². The lowest BCUT2D eigenvalue weighted by Gasteiger charge is -2.28. The second kappa shape index (κ2) is 4.04. The average Bonchev–Trinajstić information content (AvgIpc) is 2.25. The summed E-state index contributed by atoms with van der Waals surface area (Å²) in [5.41, 5.74) is 9.46. The summed E-state index contributed by atoms with van der Waals surface area (Å²) in [6, 6.07) is 3.84. The largest absolute Gasteiger partial charge is 0.449 e. The summed E-state index contributed by atoms with van der Waals surface area (Å²) in [5.74, 6) is 0. The van der Waals surface area contributed by atoms with E-state index in [1.54, 1.807) is 4.90 Å². The molecular formula is C12H16N2O2. The Hall–Kier alpha value is -1.71. The Morgan fingerprint density at radius 2 is 2.06 bits per heavy atom. The van der Waals surface area contributed by atoms with E-state index in [1.165, 1.54) is 0 Å². The number of hydrogen-bond acceptors (Lipinski definition) is 3. The van der Waals surface area contributed by atoms with E-state index >= 15 is 0 Å². The van der Waals surface area contributed by atoms with Crippen molar-refractivity contribution in [1.29, 1.82) is 0 Å². The fraction of sp³-hybridized carbons (Fsp3) is 0.417. The first kappa shape index (κ1) is 10.8. The molecule has 1 heterocycles. The van der Waals surface area contributed by atoms with Crippen LogP contribution in [-0.4, -0.2) is 19.2 Å². The lowest BCUT2D eigenvalue weighted by atomic mass is 10.1. The Bertz CT molecular complexity index is 429. The van der Waals surface area contributed by atoms with Gasteiger partial charge in [-0.1, -0.05) is 0 Å². The molecule has 16 heavy (non-hydrogen) atoms. The standard InChI is InChI=1S/C12H16N2O2/c1-8-7-11(9(2)6-10(8)13)14-4-3-5-16-12(14)15/h6-7H,3-5,13H2,1-2H3. The summed E-state index contributed by atoms with van der Waals surface area (Å²) in [5, 5.41) is 0. The SMILES string of the molecule is Cc1cc(N2CCCOC2=O)c(C)cc1N. The van der Waals surface area contributed by atoms with Crippen molar-refractivity contribution in [3.05, 3.63) is 23.3 Å². The van der Waals surface area contributed by atoms with Crippen LogP contribution in [0.15, 0.2) is 12.1 Å². The van der Waals surface area contributed by atoms with E-state index in [4.69, 9.17) is 10.5 Å². The summed E-state index contributed by atoms with van der Waals surface area (Å²) < 4.78 is 5.03. The minimum Gasteiger partial charge on any atom is -0.449 e. The van der Waals surface area contributed by atoms with E-state index in [9.17, 15) is 4.79 Å². The van der Waals surface area contributed by atoms with Crippen LogP contribution in [0.25, 0.3) is 0 Å². The number of aryl methyl sites for hydroxylation is 2. The van der Waals surface area contributed by atoms with Gasteiger partial charge < -0.3 is 10.5 Å². The zero-order valence-corrected chi connectivity index (χ0v) is 9.62. The summed E-state index contributed by atoms with van der Waals surface area (Å²) in [7, 11) is 0. The first-order valence-electron chi connectivity index (χ1n) is 5.40. The summed E-state index contributed by atoms with van der Waals surface area (Å²) in [4.78, 5) is 13.3. The minimum absolute atomic E-state index is 0.265. The monoisotopic (exact) mass is 220 g/mol. The minimum atomic E-state index is -0.265. The molecule has 2 N–H and O–H groups in total. The molecule has 1 fully saturated rings. The highest BCUT2D eigenvalue weighted by Crippen LogP contribution is 2.27. The van der Waals surface area contributed by atoms with Crippen LogP contribution in [0.5, 0.6) is 0 Å². The van der Waals surface area contributed by atoms with Gasteiger partial charge in [-0.25, -0.2) is 4.79 Å². The van der Waals surface area contributed by atoms with Crippen molar-refractivity contribution in [1.82, 2.24) is 0 Å². The van der Waals surface area contributed by atoms with E-state index < -0.39 is 0 Å². The van der Waals surface area contributed by atoms with Crippen LogP contribution in [0.2, 0.25) is 0 Å². The molecule has 0 unspecified atom stereocenters. The number of ether oxygens (including phenoxy) is 1. The Morgan fingerprint density at radius 3 is 2.75 bits per heavy atom. The van der Waals surface area contributed by atoms with E-state index in [0.717, 1.165) is 28.9 Å². The summed E-state index contributed by atoms with van der Waals surface area (Å²) in [6.45, 7) is 5.12. The molecule has 4 heteroatoms. The number of carbonyl (C=O) groups is 1. The number of nitrogens with zero attached hydrogens (tertiary/aromatic N) is 1. The molecule has 0 saturated carbocycles. The Kier molecular flexibility index (Phi) is 2.73. The second-order valence-electron chi connectivity index (χ2n) is 4.11. The lowest BCUT2D eigenvalue weighted by molar-refractivity contribution is 0.140. The van der Waals surface area contributed by atoms with Crippen LogP contribution in [0.4, 0.5) is 16.2 Å². The smallest absolute Gasteiger partial charge is 0.414 e. The molecule has 1 aliphatic heterocycles. The highest BCUT2D eigenvalue weighted by atomic mass is 16.6. The van der Waals surface area contributed by atoms with Crippen LogP contribution < -0.4 is 10.6 Å². The van der Waals surface area contributed by atoms with Crippen LogP contribution >= 0.6 is 0 Å². The zero-order valence-electron chi connectivity index (χ0n) is 9.62. The van der Waals surface area contributed by atoms with Crippen LogP contribution in [-0.2, 0) is 4.74 Å². The van der Waals surface area contributed by atoms with Gasteiger partial charge in [0.05, 0.1) is 12.3 Å². The highest BCUT2D eigenvalue weighted by Gasteiger charge is 2.22. The molecule has 0 atom stereocenters. The van der Waals surface area contributed by atoms with Gasteiger partial charge in [-0.05, 0) is 43.5 Å². The molecular weight excluding hydrogens is 204 g/mol. The zero-order chi connectivity index (χ0) is 11.7. The number of amides is 1. The van der Waals surface area contributed by atoms with E-state index in [2.05, 4.69) is 0 Å². The molecule has 4 nitrogen and oxygen atoms in total. The highest BCUT2D eigenvalue weighted by molar-refractivity contribution is 5.89. The fourth-order valence-corrected chi connectivity index (χ4v) is 1.88. The summed E-state index contributed by atoms with van der Waals surface area (Å²) in [6.07, 6.45) is 0.604. The molecule has 86 valence electrons. The molecule has 1 saturated heterocycles. The van der Waals surface area contributed by atoms with Crippen molar-refractivity contribution in [3.8, 4) is 0 Å². The molecule has 1 amide bonds. The Labute approximate surface area is 95.0 Å². The van der Waals surface area contributed by atoms with Crippen molar-refractivity contribution in [2.45, 2.75) is 20.3 Å². The normalized spacial score (nSPS) is 16.1. The number of carbonyl (C=O) groups excluding carboxylic acids is 1. The maximum Gasteiger partial charge on any atom is 0.414 e. The Balaban J connectivity index is 2.39. The van der Waals surface area contributed by atoms with Gasteiger partial charge in [-0.15, -0.1) is 0 Å². The molecule has 1 aliphatic rings. The van der Waals surface area contributed by atoms with Crippen molar-refractivity contribution >= 4 is 17.5 Å². The molecule has 1 aromatic carbocycles.